The maximum absolute atomic E-state index is 10.9. The zero-order chi connectivity index (χ0) is 23.9. The zero-order valence-electron chi connectivity index (χ0n) is 20.0. The van der Waals surface area contributed by atoms with E-state index in [2.05, 4.69) is 16.7 Å². The third-order valence-electron chi connectivity index (χ3n) is 6.56. The van der Waals surface area contributed by atoms with E-state index in [1.165, 1.54) is 12.8 Å². The smallest absolute Gasteiger partial charge is 0.269 e. The summed E-state index contributed by atoms with van der Waals surface area (Å²) < 4.78 is 0. The molecule has 2 N–H and O–H groups in total. The molecule has 8 nitrogen and oxygen atoms in total. The van der Waals surface area contributed by atoms with E-state index in [-0.39, 0.29) is 10.6 Å². The normalized spacial score (nSPS) is 18.1. The van der Waals surface area contributed by atoms with Crippen molar-refractivity contribution in [3.8, 4) is 0 Å². The summed E-state index contributed by atoms with van der Waals surface area (Å²) in [5, 5.41) is 19.1. The van der Waals surface area contributed by atoms with E-state index in [9.17, 15) is 10.1 Å². The molecule has 0 amide bonds. The Bertz CT molecular complexity index is 1110. The maximum atomic E-state index is 10.9. The predicted octanol–water partition coefficient (Wildman–Crippen LogP) is 4.80. The Hall–Kier alpha value is -3.26. The second-order valence-electron chi connectivity index (χ2n) is 9.38. The lowest BCUT2D eigenvalue weighted by Crippen LogP contribution is -2.32. The van der Waals surface area contributed by atoms with Crippen molar-refractivity contribution in [3.63, 3.8) is 0 Å². The van der Waals surface area contributed by atoms with E-state index in [1.807, 2.05) is 43.3 Å². The molecular formula is C26H34N6O2. The molecule has 1 heterocycles. The number of non-ortho nitro benzene ring substituents is 1. The number of benzene rings is 2. The minimum atomic E-state index is -0.333. The fourth-order valence-electron chi connectivity index (χ4n) is 4.71. The summed E-state index contributed by atoms with van der Waals surface area (Å²) in [5.41, 5.74) is 2.16. The molecule has 0 unspecified atom stereocenters. The molecule has 1 aromatic heterocycles. The van der Waals surface area contributed by atoms with Gasteiger partial charge in [0.25, 0.3) is 5.69 Å². The van der Waals surface area contributed by atoms with Gasteiger partial charge in [-0.05, 0) is 75.2 Å². The second-order valence-corrected chi connectivity index (χ2v) is 9.38. The third-order valence-corrected chi connectivity index (χ3v) is 6.56. The molecule has 1 aliphatic rings. The highest BCUT2D eigenvalue weighted by Crippen LogP contribution is 2.28. The van der Waals surface area contributed by atoms with E-state index in [0.717, 1.165) is 61.1 Å². The number of para-hydroxylation sites is 1. The summed E-state index contributed by atoms with van der Waals surface area (Å²) in [5.74, 6) is 2.34. The summed E-state index contributed by atoms with van der Waals surface area (Å²) in [6, 6.07) is 15.5. The molecule has 2 aromatic carbocycles. The van der Waals surface area contributed by atoms with Crippen LogP contribution in [0.1, 0.15) is 37.7 Å². The van der Waals surface area contributed by atoms with Crippen LogP contribution in [0.2, 0.25) is 0 Å². The van der Waals surface area contributed by atoms with Crippen LogP contribution in [0.25, 0.3) is 10.9 Å². The standard InChI is InChI=1S/C26H34N6O2/c1-31(2)25-23-10-3-4-11-24(23)29-26(30-25)28-21-14-12-20(13-15-21)18-27-16-6-8-19-7-5-9-22(17-19)32(33)34/h3-5,7,9-11,17,20-21,27H,6,8,12-16,18H2,1-2H3,(H,28,29,30). The molecule has 0 aliphatic heterocycles. The molecule has 1 saturated carbocycles. The lowest BCUT2D eigenvalue weighted by atomic mass is 9.86. The van der Waals surface area contributed by atoms with E-state index >= 15 is 0 Å². The second kappa shape index (κ2) is 11.2. The average molecular weight is 463 g/mol. The van der Waals surface area contributed by atoms with Gasteiger partial charge in [0.2, 0.25) is 5.95 Å². The quantitative estimate of drug-likeness (QED) is 0.254. The summed E-state index contributed by atoms with van der Waals surface area (Å²) in [6.45, 7) is 1.96. The average Bonchev–Trinajstić information content (AvgIpc) is 2.84. The molecule has 3 aromatic rings. The molecule has 180 valence electrons. The van der Waals surface area contributed by atoms with Crippen LogP contribution >= 0.6 is 0 Å². The fraction of sp³-hybridized carbons (Fsp3) is 0.462. The first-order valence-corrected chi connectivity index (χ1v) is 12.1. The van der Waals surface area contributed by atoms with Gasteiger partial charge in [-0.25, -0.2) is 4.98 Å². The molecule has 8 heteroatoms. The first-order chi connectivity index (χ1) is 16.5. The number of nitro groups is 1. The highest BCUT2D eigenvalue weighted by molar-refractivity contribution is 5.90. The van der Waals surface area contributed by atoms with E-state index < -0.39 is 0 Å². The number of nitrogens with zero attached hydrogens (tertiary/aromatic N) is 4. The van der Waals surface area contributed by atoms with Crippen LogP contribution in [0.3, 0.4) is 0 Å². The van der Waals surface area contributed by atoms with Crippen molar-refractivity contribution >= 4 is 28.4 Å². The van der Waals surface area contributed by atoms with Crippen LogP contribution in [0.5, 0.6) is 0 Å². The van der Waals surface area contributed by atoms with Crippen LogP contribution in [-0.2, 0) is 6.42 Å². The van der Waals surface area contributed by atoms with Crippen molar-refractivity contribution in [1.82, 2.24) is 15.3 Å². The molecule has 0 bridgehead atoms. The molecular weight excluding hydrogens is 428 g/mol. The Kier molecular flexibility index (Phi) is 7.90. The Morgan fingerprint density at radius 3 is 2.62 bits per heavy atom. The molecule has 0 atom stereocenters. The number of rotatable bonds is 10. The van der Waals surface area contributed by atoms with Gasteiger partial charge in [0.15, 0.2) is 0 Å². The minimum Gasteiger partial charge on any atom is -0.362 e. The third kappa shape index (κ3) is 6.20. The predicted molar refractivity (Wildman–Crippen MR) is 138 cm³/mol. The van der Waals surface area contributed by atoms with Gasteiger partial charge >= 0.3 is 0 Å². The topological polar surface area (TPSA) is 96.2 Å². The molecule has 0 spiro atoms. The van der Waals surface area contributed by atoms with Gasteiger partial charge in [-0.15, -0.1) is 0 Å². The molecule has 0 radical (unpaired) electrons. The molecule has 34 heavy (non-hydrogen) atoms. The summed E-state index contributed by atoms with van der Waals surface area (Å²) in [6.07, 6.45) is 6.44. The minimum absolute atomic E-state index is 0.169. The van der Waals surface area contributed by atoms with Crippen LogP contribution in [0.4, 0.5) is 17.5 Å². The number of aromatic nitrogens is 2. The fourth-order valence-corrected chi connectivity index (χ4v) is 4.71. The zero-order valence-corrected chi connectivity index (χ0v) is 20.0. The highest BCUT2D eigenvalue weighted by Gasteiger charge is 2.22. The van der Waals surface area contributed by atoms with Gasteiger partial charge in [-0.1, -0.05) is 24.3 Å². The van der Waals surface area contributed by atoms with Crippen LogP contribution < -0.4 is 15.5 Å². The van der Waals surface area contributed by atoms with E-state index in [1.54, 1.807) is 18.2 Å². The molecule has 1 fully saturated rings. The van der Waals surface area contributed by atoms with Gasteiger partial charge in [-0.2, -0.15) is 4.98 Å². The highest BCUT2D eigenvalue weighted by atomic mass is 16.6. The van der Waals surface area contributed by atoms with E-state index in [4.69, 9.17) is 9.97 Å². The number of nitrogens with one attached hydrogen (secondary N) is 2. The van der Waals surface area contributed by atoms with Crippen LogP contribution in [0, 0.1) is 16.0 Å². The van der Waals surface area contributed by atoms with Gasteiger partial charge in [0, 0.05) is 37.7 Å². The van der Waals surface area contributed by atoms with Crippen LogP contribution in [0.15, 0.2) is 48.5 Å². The van der Waals surface area contributed by atoms with Crippen molar-refractivity contribution < 1.29 is 4.92 Å². The summed E-state index contributed by atoms with van der Waals surface area (Å²) in [4.78, 5) is 22.1. The SMILES string of the molecule is CN(C)c1nc(NC2CCC(CNCCCc3cccc([N+](=O)[O-])c3)CC2)nc2ccccc12. The molecule has 0 saturated heterocycles. The number of hydrogen-bond donors (Lipinski definition) is 2. The summed E-state index contributed by atoms with van der Waals surface area (Å²) >= 11 is 0. The number of nitro benzene ring substituents is 1. The largest absolute Gasteiger partial charge is 0.362 e. The van der Waals surface area contributed by atoms with Crippen molar-refractivity contribution in [2.75, 3.05) is 37.4 Å². The van der Waals surface area contributed by atoms with Crippen molar-refractivity contribution in [1.29, 1.82) is 0 Å². The number of aryl methyl sites for hydroxylation is 1. The van der Waals surface area contributed by atoms with E-state index in [0.29, 0.717) is 17.9 Å². The van der Waals surface area contributed by atoms with Crippen molar-refractivity contribution in [3.05, 3.63) is 64.2 Å². The first kappa shape index (κ1) is 23.9. The van der Waals surface area contributed by atoms with Gasteiger partial charge < -0.3 is 15.5 Å². The monoisotopic (exact) mass is 462 g/mol. The van der Waals surface area contributed by atoms with Gasteiger partial charge in [0.1, 0.15) is 5.82 Å². The van der Waals surface area contributed by atoms with Gasteiger partial charge in [0.05, 0.1) is 10.4 Å². The van der Waals surface area contributed by atoms with Crippen LogP contribution in [-0.4, -0.2) is 48.1 Å². The van der Waals surface area contributed by atoms with Gasteiger partial charge in [-0.3, -0.25) is 10.1 Å². The van der Waals surface area contributed by atoms with Crippen molar-refractivity contribution in [2.24, 2.45) is 5.92 Å². The Labute approximate surface area is 200 Å². The van der Waals surface area contributed by atoms with Crippen molar-refractivity contribution in [2.45, 2.75) is 44.6 Å². The Morgan fingerprint density at radius 1 is 1.06 bits per heavy atom. The molecule has 1 aliphatic carbocycles. The lowest BCUT2D eigenvalue weighted by Gasteiger charge is -2.29. The summed E-state index contributed by atoms with van der Waals surface area (Å²) in [7, 11) is 4.03. The number of anilines is 2. The number of fused-ring (bicyclic) bond motifs is 1. The lowest BCUT2D eigenvalue weighted by molar-refractivity contribution is -0.384. The Morgan fingerprint density at radius 2 is 1.85 bits per heavy atom. The Balaban J connectivity index is 1.19. The number of hydrogen-bond acceptors (Lipinski definition) is 7. The molecule has 4 rings (SSSR count). The first-order valence-electron chi connectivity index (χ1n) is 12.1. The maximum Gasteiger partial charge on any atom is 0.269 e.